The first kappa shape index (κ1) is 12.5. The summed E-state index contributed by atoms with van der Waals surface area (Å²) in [6.45, 7) is -2.35. The van der Waals surface area contributed by atoms with Crippen LogP contribution in [0.25, 0.3) is 0 Å². The molecule has 82 valence electrons. The predicted molar refractivity (Wildman–Crippen MR) is 37.7 cm³/mol. The zero-order chi connectivity index (χ0) is 11.2. The van der Waals surface area contributed by atoms with Crippen molar-refractivity contribution in [3.63, 3.8) is 0 Å². The van der Waals surface area contributed by atoms with Crippen molar-refractivity contribution in [1.82, 2.24) is 10.9 Å². The van der Waals surface area contributed by atoms with Gasteiger partial charge in [-0.2, -0.15) is 13.2 Å². The number of alkyl halides is 3. The summed E-state index contributed by atoms with van der Waals surface area (Å²) in [5, 5.41) is 0. The second-order valence-electron chi connectivity index (χ2n) is 2.15. The van der Waals surface area contributed by atoms with Gasteiger partial charge in [-0.05, 0) is 0 Å². The summed E-state index contributed by atoms with van der Waals surface area (Å²) in [6, 6.07) is -1.03. The largest absolute Gasteiger partial charge is 0.411 e. The molecule has 0 saturated carbocycles. The second kappa shape index (κ2) is 5.27. The van der Waals surface area contributed by atoms with Gasteiger partial charge in [-0.1, -0.05) is 0 Å². The zero-order valence-corrected chi connectivity index (χ0v) is 6.85. The van der Waals surface area contributed by atoms with E-state index >= 15 is 0 Å². The summed E-state index contributed by atoms with van der Waals surface area (Å²) < 4.78 is 38.4. The van der Waals surface area contributed by atoms with Crippen LogP contribution in [0.3, 0.4) is 0 Å². The molecule has 0 fully saturated rings. The summed E-state index contributed by atoms with van der Waals surface area (Å²) >= 11 is 0. The van der Waals surface area contributed by atoms with Gasteiger partial charge in [0.25, 0.3) is 5.91 Å². The third-order valence-corrected chi connectivity index (χ3v) is 0.824. The number of hydrazine groups is 1. The molecule has 0 unspecified atom stereocenters. The summed E-state index contributed by atoms with van der Waals surface area (Å²) in [7, 11) is 0. The normalized spacial score (nSPS) is 10.8. The molecule has 0 aromatic heterocycles. The molecule has 0 atom stereocenters. The van der Waals surface area contributed by atoms with Crippen LogP contribution in [0.4, 0.5) is 18.0 Å². The maximum absolute atomic E-state index is 11.5. The lowest BCUT2D eigenvalue weighted by Crippen LogP contribution is -2.46. The highest BCUT2D eigenvalue weighted by molar-refractivity contribution is 5.80. The number of hydrogen-bond donors (Lipinski definition) is 3. The Morgan fingerprint density at radius 3 is 2.29 bits per heavy atom. The topological polar surface area (TPSA) is 93.5 Å². The van der Waals surface area contributed by atoms with E-state index in [0.29, 0.717) is 0 Å². The molecule has 0 rings (SSSR count). The SMILES string of the molecule is NC(=O)NNC(=O)COCC(F)(F)F. The number of ether oxygens (including phenoxy) is 1. The van der Waals surface area contributed by atoms with Gasteiger partial charge in [0.05, 0.1) is 0 Å². The van der Waals surface area contributed by atoms with E-state index in [1.165, 1.54) is 0 Å². The smallest absolute Gasteiger partial charge is 0.362 e. The first-order valence-electron chi connectivity index (χ1n) is 3.30. The molecule has 0 spiro atoms. The van der Waals surface area contributed by atoms with Crippen LogP contribution in [0, 0.1) is 0 Å². The molecule has 0 radical (unpaired) electrons. The molecular weight excluding hydrogens is 207 g/mol. The Hall–Kier alpha value is -1.51. The van der Waals surface area contributed by atoms with Gasteiger partial charge in [-0.3, -0.25) is 10.2 Å². The fraction of sp³-hybridized carbons (Fsp3) is 0.600. The number of primary amides is 1. The summed E-state index contributed by atoms with van der Waals surface area (Å²) in [4.78, 5) is 20.6. The Morgan fingerprint density at radius 2 is 1.86 bits per heavy atom. The van der Waals surface area contributed by atoms with Crippen LogP contribution in [0.1, 0.15) is 0 Å². The maximum Gasteiger partial charge on any atom is 0.411 e. The van der Waals surface area contributed by atoms with Gasteiger partial charge in [0.15, 0.2) is 0 Å². The molecule has 0 bridgehead atoms. The van der Waals surface area contributed by atoms with Crippen LogP contribution in [-0.2, 0) is 9.53 Å². The van der Waals surface area contributed by atoms with Gasteiger partial charge in [-0.25, -0.2) is 10.2 Å². The molecule has 0 saturated heterocycles. The number of carbonyl (C=O) groups excluding carboxylic acids is 2. The van der Waals surface area contributed by atoms with Gasteiger partial charge >= 0.3 is 12.2 Å². The number of urea groups is 1. The second-order valence-corrected chi connectivity index (χ2v) is 2.15. The number of halogens is 3. The van der Waals surface area contributed by atoms with E-state index in [-0.39, 0.29) is 0 Å². The molecule has 3 amide bonds. The standard InChI is InChI=1S/C5H8F3N3O3/c6-5(7,8)2-14-1-3(12)10-11-4(9)13/h1-2H2,(H,10,12)(H3,9,11,13). The summed E-state index contributed by atoms with van der Waals surface area (Å²) in [5.74, 6) is -0.937. The molecule has 0 aromatic rings. The average Bonchev–Trinajstić information content (AvgIpc) is 1.98. The van der Waals surface area contributed by atoms with Crippen molar-refractivity contribution in [2.45, 2.75) is 6.18 Å². The van der Waals surface area contributed by atoms with E-state index in [4.69, 9.17) is 0 Å². The lowest BCUT2D eigenvalue weighted by molar-refractivity contribution is -0.175. The quantitative estimate of drug-likeness (QED) is 0.541. The van der Waals surface area contributed by atoms with E-state index in [2.05, 4.69) is 10.5 Å². The number of rotatable bonds is 3. The number of amides is 3. The number of hydrogen-bond acceptors (Lipinski definition) is 3. The van der Waals surface area contributed by atoms with Gasteiger partial charge in [-0.15, -0.1) is 0 Å². The molecule has 9 heteroatoms. The van der Waals surface area contributed by atoms with Gasteiger partial charge in [0, 0.05) is 0 Å². The first-order chi connectivity index (χ1) is 6.31. The Kier molecular flexibility index (Phi) is 4.70. The highest BCUT2D eigenvalue weighted by Crippen LogP contribution is 2.13. The van der Waals surface area contributed by atoms with Crippen LogP contribution in [0.2, 0.25) is 0 Å². The summed E-state index contributed by atoms with van der Waals surface area (Å²) in [6.07, 6.45) is -4.49. The van der Waals surface area contributed by atoms with E-state index < -0.39 is 31.3 Å². The third-order valence-electron chi connectivity index (χ3n) is 0.824. The lowest BCUT2D eigenvalue weighted by Gasteiger charge is -2.07. The Balaban J connectivity index is 3.50. The van der Waals surface area contributed by atoms with Crippen molar-refractivity contribution in [1.29, 1.82) is 0 Å². The molecular formula is C5H8F3N3O3. The van der Waals surface area contributed by atoms with Crippen molar-refractivity contribution < 1.29 is 27.5 Å². The van der Waals surface area contributed by atoms with E-state index in [9.17, 15) is 22.8 Å². The predicted octanol–water partition coefficient (Wildman–Crippen LogP) is -0.735. The molecule has 0 aliphatic carbocycles. The number of nitrogens with two attached hydrogens (primary N) is 1. The number of nitrogens with one attached hydrogen (secondary N) is 2. The van der Waals surface area contributed by atoms with E-state index in [0.717, 1.165) is 0 Å². The van der Waals surface area contributed by atoms with Crippen LogP contribution in [0.15, 0.2) is 0 Å². The summed E-state index contributed by atoms with van der Waals surface area (Å²) in [5.41, 5.74) is 7.94. The van der Waals surface area contributed by atoms with Crippen molar-refractivity contribution >= 4 is 11.9 Å². The van der Waals surface area contributed by atoms with E-state index in [1.54, 1.807) is 10.9 Å². The van der Waals surface area contributed by atoms with Crippen molar-refractivity contribution in [2.75, 3.05) is 13.2 Å². The maximum atomic E-state index is 11.5. The van der Waals surface area contributed by atoms with Gasteiger partial charge in [0.1, 0.15) is 13.2 Å². The Bertz CT molecular complexity index is 218. The third kappa shape index (κ3) is 8.59. The Morgan fingerprint density at radius 1 is 1.29 bits per heavy atom. The van der Waals surface area contributed by atoms with Crippen molar-refractivity contribution in [3.8, 4) is 0 Å². The van der Waals surface area contributed by atoms with Crippen LogP contribution >= 0.6 is 0 Å². The highest BCUT2D eigenvalue weighted by atomic mass is 19.4. The van der Waals surface area contributed by atoms with Crippen LogP contribution < -0.4 is 16.6 Å². The molecule has 0 aliphatic rings. The molecule has 0 aromatic carbocycles. The molecule has 0 heterocycles. The first-order valence-corrected chi connectivity index (χ1v) is 3.30. The molecule has 4 N–H and O–H groups in total. The monoisotopic (exact) mass is 215 g/mol. The molecule has 6 nitrogen and oxygen atoms in total. The van der Waals surface area contributed by atoms with Crippen LogP contribution in [0.5, 0.6) is 0 Å². The molecule has 14 heavy (non-hydrogen) atoms. The molecule has 0 aliphatic heterocycles. The van der Waals surface area contributed by atoms with Crippen molar-refractivity contribution in [3.05, 3.63) is 0 Å². The van der Waals surface area contributed by atoms with Gasteiger partial charge < -0.3 is 10.5 Å². The van der Waals surface area contributed by atoms with E-state index in [1.807, 2.05) is 0 Å². The van der Waals surface area contributed by atoms with Crippen LogP contribution in [-0.4, -0.2) is 31.3 Å². The fourth-order valence-electron chi connectivity index (χ4n) is 0.427. The minimum absolute atomic E-state index is 0.820. The minimum atomic E-state index is -4.49. The van der Waals surface area contributed by atoms with Gasteiger partial charge in [0.2, 0.25) is 0 Å². The average molecular weight is 215 g/mol. The number of carbonyl (C=O) groups is 2. The highest BCUT2D eigenvalue weighted by Gasteiger charge is 2.27. The van der Waals surface area contributed by atoms with Crippen molar-refractivity contribution in [2.24, 2.45) is 5.73 Å². The fourth-order valence-corrected chi connectivity index (χ4v) is 0.427. The Labute approximate surface area is 76.5 Å². The minimum Gasteiger partial charge on any atom is -0.362 e. The zero-order valence-electron chi connectivity index (χ0n) is 6.85. The lowest BCUT2D eigenvalue weighted by atomic mass is 10.6.